The number of hydrogen-bond acceptors (Lipinski definition) is 4. The Bertz CT molecular complexity index is 890. The quantitative estimate of drug-likeness (QED) is 0.488. The Labute approximate surface area is 148 Å². The first-order valence-electron chi connectivity index (χ1n) is 6.99. The van der Waals surface area contributed by atoms with Gasteiger partial charge in [-0.2, -0.15) is 0 Å². The zero-order valence-corrected chi connectivity index (χ0v) is 13.5. The summed E-state index contributed by atoms with van der Waals surface area (Å²) in [6.07, 6.45) is 5.28. The number of nitro benzene ring substituents is 1. The van der Waals surface area contributed by atoms with Crippen LogP contribution < -0.4 is 10.6 Å². The third kappa shape index (κ3) is 4.80. The van der Waals surface area contributed by atoms with Crippen molar-refractivity contribution in [1.82, 2.24) is 5.32 Å². The molecule has 0 aromatic heterocycles. The first-order valence-corrected chi connectivity index (χ1v) is 7.37. The molecular weight excluding hydrogens is 346 g/mol. The lowest BCUT2D eigenvalue weighted by Crippen LogP contribution is -2.33. The summed E-state index contributed by atoms with van der Waals surface area (Å²) in [6, 6.07) is 10.1. The zero-order valence-electron chi connectivity index (χ0n) is 12.8. The molecule has 126 valence electrons. The lowest BCUT2D eigenvalue weighted by molar-refractivity contribution is -0.384. The van der Waals surface area contributed by atoms with Gasteiger partial charge >= 0.3 is 0 Å². The molecule has 0 aliphatic carbocycles. The smallest absolute Gasteiger partial charge is 0.270 e. The first-order chi connectivity index (χ1) is 11.9. The summed E-state index contributed by atoms with van der Waals surface area (Å²) in [5, 5.41) is 15.6. The topological polar surface area (TPSA) is 101 Å². The number of rotatable bonds is 5. The van der Waals surface area contributed by atoms with Crippen molar-refractivity contribution >= 4 is 34.8 Å². The fraction of sp³-hybridized carbons (Fsp3) is 0.0588. The maximum absolute atomic E-state index is 12.0. The van der Waals surface area contributed by atoms with Crippen LogP contribution in [-0.2, 0) is 4.79 Å². The summed E-state index contributed by atoms with van der Waals surface area (Å²) in [5.74, 6) is 1.37. The molecule has 25 heavy (non-hydrogen) atoms. The third-order valence-corrected chi connectivity index (χ3v) is 3.44. The van der Waals surface area contributed by atoms with Crippen LogP contribution >= 0.6 is 11.6 Å². The van der Waals surface area contributed by atoms with E-state index in [9.17, 15) is 19.7 Å². The van der Waals surface area contributed by atoms with Gasteiger partial charge in [0.1, 0.15) is 0 Å². The van der Waals surface area contributed by atoms with Crippen LogP contribution in [0, 0.1) is 22.5 Å². The average molecular weight is 358 g/mol. The molecule has 0 aliphatic heterocycles. The van der Waals surface area contributed by atoms with Gasteiger partial charge in [-0.25, -0.2) is 0 Å². The van der Waals surface area contributed by atoms with Crippen molar-refractivity contribution in [3.8, 4) is 12.3 Å². The van der Waals surface area contributed by atoms with Crippen molar-refractivity contribution in [1.29, 1.82) is 0 Å². The Balaban J connectivity index is 1.96. The molecular formula is C17H12ClN3O4. The summed E-state index contributed by atoms with van der Waals surface area (Å²) in [5.41, 5.74) is 0.921. The Kier molecular flexibility index (Phi) is 5.71. The van der Waals surface area contributed by atoms with Gasteiger partial charge in [0.15, 0.2) is 0 Å². The number of hydrogen-bond donors (Lipinski definition) is 2. The largest absolute Gasteiger partial charge is 0.343 e. The molecule has 2 amide bonds. The van der Waals surface area contributed by atoms with Crippen LogP contribution in [0.2, 0.25) is 5.02 Å². The van der Waals surface area contributed by atoms with Gasteiger partial charge in [0.05, 0.1) is 22.1 Å². The van der Waals surface area contributed by atoms with E-state index in [0.29, 0.717) is 11.3 Å². The predicted molar refractivity (Wildman–Crippen MR) is 93.4 cm³/mol. The second-order valence-electron chi connectivity index (χ2n) is 4.88. The molecule has 8 heteroatoms. The molecule has 0 fully saturated rings. The Morgan fingerprint density at radius 3 is 2.64 bits per heavy atom. The summed E-state index contributed by atoms with van der Waals surface area (Å²) >= 11 is 5.86. The van der Waals surface area contributed by atoms with Gasteiger partial charge in [-0.1, -0.05) is 23.6 Å². The molecule has 0 spiro atoms. The standard InChI is InChI=1S/C17H12ClN3O4/c1-2-11-4-3-5-12(8-11)20-16(22)10-19-17(23)14-7-6-13(21(24)25)9-15(14)18/h1,3-9H,10H2,(H,19,23)(H,20,22). The number of nitrogens with one attached hydrogen (secondary N) is 2. The minimum absolute atomic E-state index is 0.0365. The molecule has 0 saturated heterocycles. The average Bonchev–Trinajstić information content (AvgIpc) is 2.59. The van der Waals surface area contributed by atoms with E-state index in [0.717, 1.165) is 12.1 Å². The predicted octanol–water partition coefficient (Wildman–Crippen LogP) is 2.60. The van der Waals surface area contributed by atoms with E-state index in [1.807, 2.05) is 0 Å². The van der Waals surface area contributed by atoms with E-state index in [-0.39, 0.29) is 22.8 Å². The minimum Gasteiger partial charge on any atom is -0.343 e. The van der Waals surface area contributed by atoms with Crippen LogP contribution in [0.3, 0.4) is 0 Å². The molecule has 0 atom stereocenters. The van der Waals surface area contributed by atoms with E-state index in [1.165, 1.54) is 6.07 Å². The van der Waals surface area contributed by atoms with E-state index in [2.05, 4.69) is 16.6 Å². The lowest BCUT2D eigenvalue weighted by Gasteiger charge is -2.08. The number of carbonyl (C=O) groups is 2. The van der Waals surface area contributed by atoms with Gasteiger partial charge in [-0.15, -0.1) is 6.42 Å². The van der Waals surface area contributed by atoms with Crippen molar-refractivity contribution in [2.45, 2.75) is 0 Å². The number of nitrogens with zero attached hydrogens (tertiary/aromatic N) is 1. The highest BCUT2D eigenvalue weighted by atomic mass is 35.5. The third-order valence-electron chi connectivity index (χ3n) is 3.13. The van der Waals surface area contributed by atoms with E-state index >= 15 is 0 Å². The first kappa shape index (κ1) is 18.0. The molecule has 0 bridgehead atoms. The molecule has 2 rings (SSSR count). The number of carbonyl (C=O) groups excluding carboxylic acids is 2. The molecule has 0 saturated carbocycles. The Morgan fingerprint density at radius 2 is 2.00 bits per heavy atom. The summed E-state index contributed by atoms with van der Waals surface area (Å²) in [4.78, 5) is 33.9. The number of anilines is 1. The van der Waals surface area contributed by atoms with E-state index in [4.69, 9.17) is 18.0 Å². The second-order valence-corrected chi connectivity index (χ2v) is 5.28. The lowest BCUT2D eigenvalue weighted by atomic mass is 10.2. The van der Waals surface area contributed by atoms with Crippen molar-refractivity contribution in [2.75, 3.05) is 11.9 Å². The minimum atomic E-state index is -0.620. The second kappa shape index (κ2) is 7.95. The SMILES string of the molecule is C#Cc1cccc(NC(=O)CNC(=O)c2ccc([N+](=O)[O-])cc2Cl)c1. The molecule has 0 aliphatic rings. The summed E-state index contributed by atoms with van der Waals surface area (Å²) in [6.45, 7) is -0.299. The van der Waals surface area contributed by atoms with Gasteiger partial charge in [-0.05, 0) is 24.3 Å². The van der Waals surface area contributed by atoms with Gasteiger partial charge in [-0.3, -0.25) is 19.7 Å². The van der Waals surface area contributed by atoms with Crippen LogP contribution in [0.4, 0.5) is 11.4 Å². The Hall–Kier alpha value is -3.37. The molecule has 7 nitrogen and oxygen atoms in total. The van der Waals surface area contributed by atoms with Crippen molar-refractivity contribution in [3.05, 3.63) is 68.7 Å². The van der Waals surface area contributed by atoms with E-state index in [1.54, 1.807) is 24.3 Å². The maximum Gasteiger partial charge on any atom is 0.270 e. The fourth-order valence-electron chi connectivity index (χ4n) is 1.95. The summed E-state index contributed by atoms with van der Waals surface area (Å²) < 4.78 is 0. The fourth-order valence-corrected chi connectivity index (χ4v) is 2.21. The molecule has 0 heterocycles. The zero-order chi connectivity index (χ0) is 18.4. The molecule has 2 aromatic rings. The molecule has 0 unspecified atom stereocenters. The van der Waals surface area contributed by atoms with Crippen LogP contribution in [0.5, 0.6) is 0 Å². The highest BCUT2D eigenvalue weighted by Gasteiger charge is 2.15. The Morgan fingerprint density at radius 1 is 1.24 bits per heavy atom. The van der Waals surface area contributed by atoms with Crippen LogP contribution in [0.25, 0.3) is 0 Å². The maximum atomic E-state index is 12.0. The van der Waals surface area contributed by atoms with Crippen LogP contribution in [0.1, 0.15) is 15.9 Å². The number of nitro groups is 1. The van der Waals surface area contributed by atoms with E-state index < -0.39 is 16.7 Å². The summed E-state index contributed by atoms with van der Waals surface area (Å²) in [7, 11) is 0. The van der Waals surface area contributed by atoms with Crippen LogP contribution in [0.15, 0.2) is 42.5 Å². The number of amides is 2. The molecule has 2 aromatic carbocycles. The van der Waals surface area contributed by atoms with Gasteiger partial charge < -0.3 is 10.6 Å². The van der Waals surface area contributed by atoms with Crippen molar-refractivity contribution in [3.63, 3.8) is 0 Å². The number of terminal acetylenes is 1. The number of halogens is 1. The molecule has 0 radical (unpaired) electrons. The van der Waals surface area contributed by atoms with Crippen molar-refractivity contribution < 1.29 is 14.5 Å². The normalized spacial score (nSPS) is 9.76. The van der Waals surface area contributed by atoms with Crippen molar-refractivity contribution in [2.24, 2.45) is 0 Å². The van der Waals surface area contributed by atoms with Gasteiger partial charge in [0, 0.05) is 23.4 Å². The molecule has 2 N–H and O–H groups in total. The van der Waals surface area contributed by atoms with Gasteiger partial charge in [0.25, 0.3) is 11.6 Å². The number of non-ortho nitro benzene ring substituents is 1. The van der Waals surface area contributed by atoms with Crippen LogP contribution in [-0.4, -0.2) is 23.3 Å². The monoisotopic (exact) mass is 357 g/mol. The van der Waals surface area contributed by atoms with Gasteiger partial charge in [0.2, 0.25) is 5.91 Å². The highest BCUT2D eigenvalue weighted by molar-refractivity contribution is 6.34. The number of benzene rings is 2. The highest BCUT2D eigenvalue weighted by Crippen LogP contribution is 2.22.